The van der Waals surface area contributed by atoms with Crippen molar-refractivity contribution in [2.45, 2.75) is 32.6 Å². The van der Waals surface area contributed by atoms with E-state index in [0.29, 0.717) is 16.2 Å². The van der Waals surface area contributed by atoms with Gasteiger partial charge in [0.05, 0.1) is 11.4 Å². The van der Waals surface area contributed by atoms with Crippen LogP contribution in [0.25, 0.3) is 11.3 Å². The number of thiazole rings is 1. The second kappa shape index (κ2) is 9.97. The monoisotopic (exact) mass is 466 g/mol. The lowest BCUT2D eigenvalue weighted by Gasteiger charge is -2.09. The second-order valence-corrected chi connectivity index (χ2v) is 9.00. The summed E-state index contributed by atoms with van der Waals surface area (Å²) in [7, 11) is 0. The fraction of sp³-hybridized carbons (Fsp3) is 0.217. The summed E-state index contributed by atoms with van der Waals surface area (Å²) < 4.78 is 11.4. The van der Waals surface area contributed by atoms with Gasteiger partial charge in [-0.2, -0.15) is 0 Å². The number of carbonyl (C=O) groups is 1. The van der Waals surface area contributed by atoms with Crippen molar-refractivity contribution in [1.29, 1.82) is 0 Å². The van der Waals surface area contributed by atoms with Crippen molar-refractivity contribution in [2.24, 2.45) is 0 Å². The first-order valence-electron chi connectivity index (χ1n) is 9.94. The van der Waals surface area contributed by atoms with Gasteiger partial charge in [-0.25, -0.2) is 4.98 Å². The highest BCUT2D eigenvalue weighted by Gasteiger charge is 2.13. The molecular weight excluding hydrogens is 444 g/mol. The molecule has 0 radical (unpaired) electrons. The number of anilines is 1. The predicted molar refractivity (Wildman–Crippen MR) is 126 cm³/mol. The van der Waals surface area contributed by atoms with Crippen LogP contribution in [0.4, 0.5) is 5.13 Å². The Morgan fingerprint density at radius 1 is 1.09 bits per heavy atom. The van der Waals surface area contributed by atoms with Gasteiger partial charge in [0.2, 0.25) is 5.91 Å². The lowest BCUT2D eigenvalue weighted by Crippen LogP contribution is -2.13. The zero-order valence-electron chi connectivity index (χ0n) is 17.9. The topological polar surface area (TPSA) is 90.1 Å². The van der Waals surface area contributed by atoms with E-state index >= 15 is 0 Å². The van der Waals surface area contributed by atoms with Crippen LogP contribution in [0.3, 0.4) is 0 Å². The van der Waals surface area contributed by atoms with Gasteiger partial charge in [-0.05, 0) is 31.9 Å². The van der Waals surface area contributed by atoms with Crippen LogP contribution < -0.4 is 10.1 Å². The summed E-state index contributed by atoms with van der Waals surface area (Å²) in [5.41, 5.74) is 5.13. The molecule has 1 amide bonds. The van der Waals surface area contributed by atoms with Gasteiger partial charge >= 0.3 is 0 Å². The average molecular weight is 467 g/mol. The minimum atomic E-state index is -0.189. The Bertz CT molecular complexity index is 1200. The summed E-state index contributed by atoms with van der Waals surface area (Å²) in [5, 5.41) is 13.6. The first-order valence-corrected chi connectivity index (χ1v) is 11.8. The van der Waals surface area contributed by atoms with Gasteiger partial charge in [0, 0.05) is 10.9 Å². The summed E-state index contributed by atoms with van der Waals surface area (Å²) in [6, 6.07) is 14.1. The molecule has 0 bridgehead atoms. The minimum absolute atomic E-state index is 0.138. The molecule has 1 N–H and O–H groups in total. The fourth-order valence-corrected chi connectivity index (χ4v) is 4.30. The highest BCUT2D eigenvalue weighted by Crippen LogP contribution is 2.26. The van der Waals surface area contributed by atoms with Crippen LogP contribution in [-0.4, -0.2) is 26.8 Å². The first-order chi connectivity index (χ1) is 15.5. The Labute approximate surface area is 194 Å². The van der Waals surface area contributed by atoms with E-state index in [0.717, 1.165) is 28.1 Å². The van der Waals surface area contributed by atoms with Gasteiger partial charge in [0.15, 0.2) is 11.7 Å². The van der Waals surface area contributed by atoms with Gasteiger partial charge in [-0.15, -0.1) is 21.5 Å². The summed E-state index contributed by atoms with van der Waals surface area (Å²) in [5.74, 6) is 1.12. The summed E-state index contributed by atoms with van der Waals surface area (Å²) in [4.78, 5) is 16.8. The molecule has 0 spiro atoms. The highest BCUT2D eigenvalue weighted by molar-refractivity contribution is 7.99. The number of aryl methyl sites for hydroxylation is 3. The summed E-state index contributed by atoms with van der Waals surface area (Å²) in [6.45, 7) is 6.19. The van der Waals surface area contributed by atoms with E-state index in [4.69, 9.17) is 9.15 Å². The zero-order chi connectivity index (χ0) is 22.5. The lowest BCUT2D eigenvalue weighted by atomic mass is 10.1. The Hall–Kier alpha value is -3.17. The molecule has 164 valence electrons. The number of ether oxygens (including phenoxy) is 1. The number of thioether (sulfide) groups is 1. The van der Waals surface area contributed by atoms with E-state index < -0.39 is 0 Å². The number of amides is 1. The molecule has 32 heavy (non-hydrogen) atoms. The smallest absolute Gasteiger partial charge is 0.277 e. The van der Waals surface area contributed by atoms with Crippen LogP contribution >= 0.6 is 23.1 Å². The molecule has 0 aliphatic carbocycles. The standard InChI is InChI=1S/C23H22N4O3S2/c1-14-7-9-17(10-8-14)18-12-31-22(24-18)25-19(28)13-32-23-27-26-20(30-23)11-29-21-15(2)5-4-6-16(21)3/h4-10,12H,11,13H2,1-3H3,(H,24,25,28). The molecule has 0 aliphatic rings. The number of hydrogen-bond donors (Lipinski definition) is 1. The van der Waals surface area contributed by atoms with Crippen LogP contribution in [0.15, 0.2) is 57.5 Å². The molecular formula is C23H22N4O3S2. The lowest BCUT2D eigenvalue weighted by molar-refractivity contribution is -0.113. The molecule has 0 saturated carbocycles. The zero-order valence-corrected chi connectivity index (χ0v) is 19.5. The van der Waals surface area contributed by atoms with E-state index in [2.05, 4.69) is 20.5 Å². The number of nitrogens with zero attached hydrogens (tertiary/aromatic N) is 3. The highest BCUT2D eigenvalue weighted by atomic mass is 32.2. The second-order valence-electron chi connectivity index (χ2n) is 7.21. The van der Waals surface area contributed by atoms with Gasteiger partial charge < -0.3 is 14.5 Å². The quantitative estimate of drug-likeness (QED) is 0.346. The van der Waals surface area contributed by atoms with Crippen molar-refractivity contribution in [3.05, 3.63) is 70.4 Å². The number of nitrogens with one attached hydrogen (secondary N) is 1. The van der Waals surface area contributed by atoms with Crippen LogP contribution in [0, 0.1) is 20.8 Å². The number of aromatic nitrogens is 3. The maximum Gasteiger partial charge on any atom is 0.277 e. The molecule has 2 aromatic carbocycles. The van der Waals surface area contributed by atoms with E-state index in [1.54, 1.807) is 0 Å². The maximum atomic E-state index is 12.3. The van der Waals surface area contributed by atoms with E-state index in [1.165, 1.54) is 28.7 Å². The largest absolute Gasteiger partial charge is 0.483 e. The third kappa shape index (κ3) is 5.54. The van der Waals surface area contributed by atoms with E-state index in [9.17, 15) is 4.79 Å². The Kier molecular flexibility index (Phi) is 6.87. The number of para-hydroxylation sites is 1. The van der Waals surface area contributed by atoms with Gasteiger partial charge in [-0.3, -0.25) is 4.79 Å². The van der Waals surface area contributed by atoms with Crippen LogP contribution in [-0.2, 0) is 11.4 Å². The molecule has 2 heterocycles. The van der Waals surface area contributed by atoms with Crippen molar-refractivity contribution >= 4 is 34.1 Å². The van der Waals surface area contributed by atoms with E-state index in [-0.39, 0.29) is 18.3 Å². The van der Waals surface area contributed by atoms with Gasteiger partial charge in [0.25, 0.3) is 11.1 Å². The van der Waals surface area contributed by atoms with Crippen molar-refractivity contribution in [2.75, 3.05) is 11.1 Å². The van der Waals surface area contributed by atoms with Crippen LogP contribution in [0.5, 0.6) is 5.75 Å². The molecule has 0 atom stereocenters. The van der Waals surface area contributed by atoms with Crippen molar-refractivity contribution in [1.82, 2.24) is 15.2 Å². The number of benzene rings is 2. The minimum Gasteiger partial charge on any atom is -0.483 e. The third-order valence-corrected chi connectivity index (χ3v) is 6.20. The van der Waals surface area contributed by atoms with Crippen LogP contribution in [0.2, 0.25) is 0 Å². The maximum absolute atomic E-state index is 12.3. The summed E-state index contributed by atoms with van der Waals surface area (Å²) in [6.07, 6.45) is 0. The predicted octanol–water partition coefficient (Wildman–Crippen LogP) is 5.43. The van der Waals surface area contributed by atoms with Crippen molar-refractivity contribution < 1.29 is 13.9 Å². The Morgan fingerprint density at radius 2 is 1.84 bits per heavy atom. The summed E-state index contributed by atoms with van der Waals surface area (Å²) >= 11 is 2.56. The molecule has 2 aromatic heterocycles. The Morgan fingerprint density at radius 3 is 2.59 bits per heavy atom. The molecule has 0 saturated heterocycles. The number of hydrogen-bond acceptors (Lipinski definition) is 8. The average Bonchev–Trinajstić information content (AvgIpc) is 3.42. The molecule has 9 heteroatoms. The molecule has 4 rings (SSSR count). The van der Waals surface area contributed by atoms with Crippen LogP contribution in [0.1, 0.15) is 22.6 Å². The van der Waals surface area contributed by atoms with Gasteiger partial charge in [-0.1, -0.05) is 59.8 Å². The fourth-order valence-electron chi connectivity index (χ4n) is 2.99. The molecule has 4 aromatic rings. The third-order valence-electron chi connectivity index (χ3n) is 4.62. The van der Waals surface area contributed by atoms with Crippen molar-refractivity contribution in [3.63, 3.8) is 0 Å². The Balaban J connectivity index is 1.27. The SMILES string of the molecule is Cc1ccc(-c2csc(NC(=O)CSc3nnc(COc4c(C)cccc4C)o3)n2)cc1. The van der Waals surface area contributed by atoms with Gasteiger partial charge in [0.1, 0.15) is 5.75 Å². The van der Waals surface area contributed by atoms with E-state index in [1.807, 2.05) is 68.6 Å². The van der Waals surface area contributed by atoms with Crippen molar-refractivity contribution in [3.8, 4) is 17.0 Å². The molecule has 0 unspecified atom stereocenters. The molecule has 0 fully saturated rings. The normalized spacial score (nSPS) is 10.8. The number of carbonyl (C=O) groups excluding carboxylic acids is 1. The molecule has 0 aliphatic heterocycles. The first kappa shape index (κ1) is 22.0. The number of rotatable bonds is 8. The molecule has 7 nitrogen and oxygen atoms in total.